The number of hydrogen-bond donors (Lipinski definition) is 2. The first-order chi connectivity index (χ1) is 7.18. The predicted molar refractivity (Wildman–Crippen MR) is 47.6 cm³/mol. The molecule has 1 rings (SSSR count). The van der Waals surface area contributed by atoms with E-state index in [1.54, 1.807) is 0 Å². The number of carboxylic acid groups (broad SMARTS) is 1. The Morgan fingerprint density at radius 3 is 2.50 bits per heavy atom. The fourth-order valence-corrected chi connectivity index (χ4v) is 1.15. The Labute approximate surface area is 88.5 Å². The van der Waals surface area contributed by atoms with Crippen molar-refractivity contribution in [3.8, 4) is 0 Å². The number of aliphatic hydroxyl groups is 1. The van der Waals surface area contributed by atoms with E-state index in [-0.39, 0.29) is 4.90 Å². The molecule has 0 amide bonds. The smallest absolute Gasteiger partial charge is 0.436 e. The highest BCUT2D eigenvalue weighted by Gasteiger charge is 2.56. The summed E-state index contributed by atoms with van der Waals surface area (Å²) in [5, 5.41) is 18.0. The molecule has 2 N–H and O–H groups in total. The highest BCUT2D eigenvalue weighted by molar-refractivity contribution is 5.94. The van der Waals surface area contributed by atoms with Crippen molar-refractivity contribution in [3.63, 3.8) is 0 Å². The molecule has 0 aromatic carbocycles. The zero-order valence-corrected chi connectivity index (χ0v) is 8.14. The quantitative estimate of drug-likeness (QED) is 0.737. The van der Waals surface area contributed by atoms with Crippen molar-refractivity contribution < 1.29 is 28.2 Å². The average molecular weight is 238 g/mol. The number of carbonyl (C=O) groups is 1. The van der Waals surface area contributed by atoms with Crippen molar-refractivity contribution in [3.05, 3.63) is 12.4 Å². The van der Waals surface area contributed by atoms with Gasteiger partial charge in [-0.1, -0.05) is 0 Å². The summed E-state index contributed by atoms with van der Waals surface area (Å²) in [5.41, 5.74) is -3.26. The minimum Gasteiger partial charge on any atom is -0.479 e. The van der Waals surface area contributed by atoms with Gasteiger partial charge in [-0.15, -0.1) is 0 Å². The molecule has 0 saturated carbocycles. The maximum absolute atomic E-state index is 12.5. The van der Waals surface area contributed by atoms with E-state index in [0.717, 1.165) is 18.6 Å². The molecule has 0 aromatic heterocycles. The molecule has 5 nitrogen and oxygen atoms in total. The molecule has 90 valence electrons. The lowest BCUT2D eigenvalue weighted by Crippen LogP contribution is -2.60. The van der Waals surface area contributed by atoms with Gasteiger partial charge in [-0.2, -0.15) is 13.2 Å². The molecular weight excluding hydrogens is 229 g/mol. The lowest BCUT2D eigenvalue weighted by Gasteiger charge is -2.40. The van der Waals surface area contributed by atoms with E-state index < -0.39 is 23.9 Å². The monoisotopic (exact) mass is 238 g/mol. The third-order valence-electron chi connectivity index (χ3n) is 2.13. The first-order valence-electron chi connectivity index (χ1n) is 4.18. The molecule has 0 spiro atoms. The van der Waals surface area contributed by atoms with E-state index in [1.807, 2.05) is 0 Å². The van der Waals surface area contributed by atoms with Crippen LogP contribution in [0.5, 0.6) is 0 Å². The number of nitrogens with zero attached hydrogens (tertiary/aromatic N) is 2. The van der Waals surface area contributed by atoms with Crippen LogP contribution in [0.2, 0.25) is 0 Å². The summed E-state index contributed by atoms with van der Waals surface area (Å²) in [6.07, 6.45) is -2.41. The van der Waals surface area contributed by atoms with Gasteiger partial charge in [0.25, 0.3) is 0 Å². The summed E-state index contributed by atoms with van der Waals surface area (Å²) in [7, 11) is 0. The molecule has 1 aliphatic heterocycles. The topological polar surface area (TPSA) is 73.1 Å². The molecule has 0 fully saturated rings. The first kappa shape index (κ1) is 12.5. The third kappa shape index (κ3) is 2.01. The fourth-order valence-electron chi connectivity index (χ4n) is 1.15. The number of aliphatic carboxylic acids is 1. The lowest BCUT2D eigenvalue weighted by molar-refractivity contribution is -0.301. The summed E-state index contributed by atoms with van der Waals surface area (Å²) in [6.45, 7) is 0.479. The molecule has 1 heterocycles. The van der Waals surface area contributed by atoms with Gasteiger partial charge in [0.05, 0.1) is 0 Å². The second-order valence-corrected chi connectivity index (χ2v) is 3.31. The average Bonchev–Trinajstić information content (AvgIpc) is 2.16. The van der Waals surface area contributed by atoms with Gasteiger partial charge in [-0.05, 0) is 6.92 Å². The SMILES string of the molecule is CC(O)(N1C=CN=CC1C(=O)O)C(F)(F)F. The highest BCUT2D eigenvalue weighted by Crippen LogP contribution is 2.34. The van der Waals surface area contributed by atoms with Crippen molar-refractivity contribution in [1.29, 1.82) is 0 Å². The van der Waals surface area contributed by atoms with Gasteiger partial charge in [-0.3, -0.25) is 4.99 Å². The van der Waals surface area contributed by atoms with Gasteiger partial charge in [0, 0.05) is 18.6 Å². The van der Waals surface area contributed by atoms with Crippen LogP contribution in [0, 0.1) is 0 Å². The van der Waals surface area contributed by atoms with Gasteiger partial charge >= 0.3 is 12.1 Å². The number of alkyl halides is 3. The summed E-state index contributed by atoms with van der Waals surface area (Å²) in [5.74, 6) is -1.53. The molecular formula is C8H9F3N2O3. The Kier molecular flexibility index (Phi) is 2.95. The predicted octanol–water partition coefficient (Wildman–Crippen LogP) is 0.568. The fraction of sp³-hybridized carbons (Fsp3) is 0.500. The Morgan fingerprint density at radius 2 is 2.06 bits per heavy atom. The molecule has 0 saturated heterocycles. The molecule has 0 aromatic rings. The van der Waals surface area contributed by atoms with E-state index in [0.29, 0.717) is 6.92 Å². The molecule has 16 heavy (non-hydrogen) atoms. The minimum absolute atomic E-state index is 0.280. The summed E-state index contributed by atoms with van der Waals surface area (Å²) in [6, 6.07) is -1.65. The minimum atomic E-state index is -4.98. The molecule has 2 unspecified atom stereocenters. The van der Waals surface area contributed by atoms with Crippen molar-refractivity contribution in [2.24, 2.45) is 4.99 Å². The molecule has 0 aliphatic carbocycles. The van der Waals surface area contributed by atoms with Gasteiger partial charge in [0.2, 0.25) is 5.72 Å². The van der Waals surface area contributed by atoms with E-state index in [9.17, 15) is 23.1 Å². The highest BCUT2D eigenvalue weighted by atomic mass is 19.4. The number of carboxylic acids is 1. The van der Waals surface area contributed by atoms with Crippen LogP contribution in [-0.4, -0.2) is 45.2 Å². The van der Waals surface area contributed by atoms with Crippen molar-refractivity contribution in [2.75, 3.05) is 0 Å². The number of hydrogen-bond acceptors (Lipinski definition) is 4. The molecule has 2 atom stereocenters. The molecule has 0 radical (unpaired) electrons. The van der Waals surface area contributed by atoms with Crippen molar-refractivity contribution in [2.45, 2.75) is 24.9 Å². The van der Waals surface area contributed by atoms with Crippen LogP contribution in [0.1, 0.15) is 6.92 Å². The van der Waals surface area contributed by atoms with E-state index in [2.05, 4.69) is 4.99 Å². The maximum Gasteiger partial charge on any atom is 0.436 e. The van der Waals surface area contributed by atoms with Crippen LogP contribution in [0.4, 0.5) is 13.2 Å². The second-order valence-electron chi connectivity index (χ2n) is 3.31. The number of rotatable bonds is 2. The summed E-state index contributed by atoms with van der Waals surface area (Å²) in [4.78, 5) is 14.4. The van der Waals surface area contributed by atoms with Gasteiger partial charge in [0.1, 0.15) is 0 Å². The number of aliphatic imine (C=N–C) groups is 1. The normalized spacial score (nSPS) is 24.3. The van der Waals surface area contributed by atoms with Gasteiger partial charge in [-0.25, -0.2) is 4.79 Å². The summed E-state index contributed by atoms with van der Waals surface area (Å²) < 4.78 is 37.5. The third-order valence-corrected chi connectivity index (χ3v) is 2.13. The second kappa shape index (κ2) is 3.78. The van der Waals surface area contributed by atoms with Crippen LogP contribution >= 0.6 is 0 Å². The zero-order chi connectivity index (χ0) is 12.6. The van der Waals surface area contributed by atoms with Crippen LogP contribution in [0.25, 0.3) is 0 Å². The molecule has 0 bridgehead atoms. The van der Waals surface area contributed by atoms with Crippen LogP contribution in [-0.2, 0) is 4.79 Å². The van der Waals surface area contributed by atoms with Crippen molar-refractivity contribution in [1.82, 2.24) is 4.90 Å². The Balaban J connectivity index is 3.07. The first-order valence-corrected chi connectivity index (χ1v) is 4.18. The molecule has 8 heteroatoms. The van der Waals surface area contributed by atoms with Gasteiger partial charge in [0.15, 0.2) is 6.04 Å². The Hall–Kier alpha value is -1.57. The van der Waals surface area contributed by atoms with Gasteiger partial charge < -0.3 is 15.1 Å². The van der Waals surface area contributed by atoms with Crippen LogP contribution < -0.4 is 0 Å². The van der Waals surface area contributed by atoms with E-state index in [1.165, 1.54) is 0 Å². The number of halogens is 3. The molecule has 1 aliphatic rings. The largest absolute Gasteiger partial charge is 0.479 e. The lowest BCUT2D eigenvalue weighted by atomic mass is 10.1. The van der Waals surface area contributed by atoms with Crippen molar-refractivity contribution >= 4 is 12.2 Å². The maximum atomic E-state index is 12.5. The van der Waals surface area contributed by atoms with E-state index >= 15 is 0 Å². The Morgan fingerprint density at radius 1 is 1.50 bits per heavy atom. The van der Waals surface area contributed by atoms with Crippen LogP contribution in [0.3, 0.4) is 0 Å². The standard InChI is InChI=1S/C8H9F3N2O3/c1-7(16,8(9,10)11)13-3-2-12-4-5(13)6(14)15/h2-5,16H,1H3,(H,14,15). The summed E-state index contributed by atoms with van der Waals surface area (Å²) >= 11 is 0. The van der Waals surface area contributed by atoms with E-state index in [4.69, 9.17) is 5.11 Å². The Bertz CT molecular complexity index is 349. The van der Waals surface area contributed by atoms with Crippen LogP contribution in [0.15, 0.2) is 17.4 Å². The zero-order valence-electron chi connectivity index (χ0n) is 8.14.